The van der Waals surface area contributed by atoms with Crippen molar-refractivity contribution < 1.29 is 9.47 Å². The number of ether oxygens (including phenoxy) is 2. The van der Waals surface area contributed by atoms with Crippen molar-refractivity contribution in [2.75, 3.05) is 26.8 Å². The number of allylic oxidation sites excluding steroid dienone is 2. The highest BCUT2D eigenvalue weighted by Gasteiger charge is 2.48. The maximum atomic E-state index is 6.32. The van der Waals surface area contributed by atoms with Gasteiger partial charge in [-0.1, -0.05) is 12.1 Å². The van der Waals surface area contributed by atoms with E-state index in [2.05, 4.69) is 55.4 Å². The molecule has 6 rings (SSSR count). The maximum absolute atomic E-state index is 6.32. The number of rotatable bonds is 7. The molecule has 2 aromatic heterocycles. The topological polar surface area (TPSA) is 78.5 Å². The van der Waals surface area contributed by atoms with Gasteiger partial charge in [-0.3, -0.25) is 10.00 Å². The first-order chi connectivity index (χ1) is 15.2. The first kappa shape index (κ1) is 20.2. The smallest absolute Gasteiger partial charge is 0.218 e. The Hall–Kier alpha value is -2.68. The fraction of sp³-hybridized carbons (Fsp3) is 0.478. The van der Waals surface area contributed by atoms with Gasteiger partial charge in [-0.2, -0.15) is 5.10 Å². The molecule has 0 aliphatic carbocycles. The summed E-state index contributed by atoms with van der Waals surface area (Å²) in [5, 5.41) is 10.5. The van der Waals surface area contributed by atoms with Crippen LogP contribution in [0.5, 0.6) is 5.88 Å². The summed E-state index contributed by atoms with van der Waals surface area (Å²) in [6.45, 7) is 5.61. The van der Waals surface area contributed by atoms with Gasteiger partial charge >= 0.3 is 0 Å². The molecule has 6 heterocycles. The fourth-order valence-electron chi connectivity index (χ4n) is 5.02. The SMILES string of the molecule is CCOC1(N2CC3CCC2CN3Cc2ccc(OC)nc2)C=CC(c2cn[nH]c2)=CN1. The third kappa shape index (κ3) is 3.86. The van der Waals surface area contributed by atoms with Crippen molar-refractivity contribution in [3.63, 3.8) is 0 Å². The first-order valence-corrected chi connectivity index (χ1v) is 11.0. The summed E-state index contributed by atoms with van der Waals surface area (Å²) in [5.41, 5.74) is 3.39. The minimum absolute atomic E-state index is 0.434. The van der Waals surface area contributed by atoms with Crippen molar-refractivity contribution in [1.29, 1.82) is 0 Å². The number of nitrogens with one attached hydrogen (secondary N) is 2. The molecule has 2 N–H and O–H groups in total. The summed E-state index contributed by atoms with van der Waals surface area (Å²) in [7, 11) is 1.65. The predicted molar refractivity (Wildman–Crippen MR) is 118 cm³/mol. The molecule has 164 valence electrons. The van der Waals surface area contributed by atoms with E-state index in [0.29, 0.717) is 24.6 Å². The van der Waals surface area contributed by atoms with Crippen LogP contribution in [0, 0.1) is 0 Å². The van der Waals surface area contributed by atoms with Crippen molar-refractivity contribution in [3.8, 4) is 5.88 Å². The summed E-state index contributed by atoms with van der Waals surface area (Å²) in [6, 6.07) is 4.98. The number of nitrogens with zero attached hydrogens (tertiary/aromatic N) is 4. The van der Waals surface area contributed by atoms with Gasteiger partial charge in [-0.15, -0.1) is 0 Å². The number of aromatic amines is 1. The van der Waals surface area contributed by atoms with Crippen LogP contribution >= 0.6 is 0 Å². The van der Waals surface area contributed by atoms with Gasteiger partial charge < -0.3 is 14.8 Å². The molecule has 0 amide bonds. The molecule has 0 aromatic carbocycles. The Morgan fingerprint density at radius 2 is 2.10 bits per heavy atom. The van der Waals surface area contributed by atoms with Crippen LogP contribution in [0.15, 0.2) is 49.1 Å². The predicted octanol–water partition coefficient (Wildman–Crippen LogP) is 2.35. The average Bonchev–Trinajstić information content (AvgIpc) is 3.36. The van der Waals surface area contributed by atoms with Gasteiger partial charge in [0.15, 0.2) is 0 Å². The van der Waals surface area contributed by atoms with E-state index in [1.807, 2.05) is 30.9 Å². The number of hydrogen-bond donors (Lipinski definition) is 2. The molecule has 3 fully saturated rings. The normalized spacial score (nSPS) is 28.4. The lowest BCUT2D eigenvalue weighted by Crippen LogP contribution is -2.71. The Morgan fingerprint density at radius 3 is 2.71 bits per heavy atom. The van der Waals surface area contributed by atoms with E-state index in [-0.39, 0.29) is 0 Å². The number of piperidine rings is 2. The largest absolute Gasteiger partial charge is 0.481 e. The molecular formula is C23H30N6O2. The number of pyridine rings is 1. The zero-order valence-electron chi connectivity index (χ0n) is 18.1. The zero-order valence-corrected chi connectivity index (χ0v) is 18.1. The van der Waals surface area contributed by atoms with Gasteiger partial charge in [0.25, 0.3) is 0 Å². The van der Waals surface area contributed by atoms with Gasteiger partial charge in [0.1, 0.15) is 0 Å². The second-order valence-electron chi connectivity index (χ2n) is 8.37. The monoisotopic (exact) mass is 422 g/mol. The van der Waals surface area contributed by atoms with Gasteiger partial charge in [0, 0.05) is 74.1 Å². The molecule has 3 unspecified atom stereocenters. The van der Waals surface area contributed by atoms with E-state index in [4.69, 9.17) is 9.47 Å². The van der Waals surface area contributed by atoms with Crippen LogP contribution in [-0.4, -0.2) is 69.7 Å². The summed E-state index contributed by atoms with van der Waals surface area (Å²) in [5.74, 6) is 0.0609. The molecule has 0 spiro atoms. The summed E-state index contributed by atoms with van der Waals surface area (Å²) in [4.78, 5) is 9.46. The molecule has 3 saturated heterocycles. The van der Waals surface area contributed by atoms with E-state index in [9.17, 15) is 0 Å². The summed E-state index contributed by atoms with van der Waals surface area (Å²) in [6.07, 6.45) is 14.4. The molecule has 8 nitrogen and oxygen atoms in total. The van der Waals surface area contributed by atoms with Crippen LogP contribution in [0.25, 0.3) is 5.57 Å². The first-order valence-electron chi connectivity index (χ1n) is 11.0. The second kappa shape index (κ2) is 8.45. The molecule has 8 heteroatoms. The Morgan fingerprint density at radius 1 is 1.19 bits per heavy atom. The highest BCUT2D eigenvalue weighted by Crippen LogP contribution is 2.36. The minimum atomic E-state index is -0.598. The van der Waals surface area contributed by atoms with Crippen molar-refractivity contribution in [2.45, 2.75) is 44.2 Å². The maximum Gasteiger partial charge on any atom is 0.218 e. The van der Waals surface area contributed by atoms with Crippen LogP contribution in [0.4, 0.5) is 0 Å². The molecule has 2 aromatic rings. The third-order valence-corrected chi connectivity index (χ3v) is 6.58. The average molecular weight is 423 g/mol. The number of fused-ring (bicyclic) bond motifs is 3. The van der Waals surface area contributed by atoms with Crippen LogP contribution in [0.2, 0.25) is 0 Å². The summed E-state index contributed by atoms with van der Waals surface area (Å²) >= 11 is 0. The molecule has 4 aliphatic heterocycles. The molecule has 31 heavy (non-hydrogen) atoms. The number of aromatic nitrogens is 3. The van der Waals surface area contributed by atoms with E-state index >= 15 is 0 Å². The number of hydrogen-bond acceptors (Lipinski definition) is 7. The minimum Gasteiger partial charge on any atom is -0.481 e. The van der Waals surface area contributed by atoms with E-state index in [1.54, 1.807) is 7.11 Å². The molecule has 4 aliphatic rings. The number of piperazine rings is 1. The number of methoxy groups -OCH3 is 1. The van der Waals surface area contributed by atoms with Crippen molar-refractivity contribution in [1.82, 2.24) is 30.3 Å². The molecule has 2 bridgehead atoms. The Bertz CT molecular complexity index is 941. The Labute approximate surface area is 182 Å². The lowest BCUT2D eigenvalue weighted by molar-refractivity contribution is -0.189. The fourth-order valence-corrected chi connectivity index (χ4v) is 5.02. The second-order valence-corrected chi connectivity index (χ2v) is 8.37. The third-order valence-electron chi connectivity index (χ3n) is 6.58. The van der Waals surface area contributed by atoms with Gasteiger partial charge in [-0.05, 0) is 31.4 Å². The van der Waals surface area contributed by atoms with E-state index < -0.39 is 5.85 Å². The lowest BCUT2D eigenvalue weighted by Gasteiger charge is -2.57. The van der Waals surface area contributed by atoms with Crippen molar-refractivity contribution >= 4 is 5.57 Å². The molecule has 0 saturated carbocycles. The van der Waals surface area contributed by atoms with E-state index in [0.717, 1.165) is 30.8 Å². The lowest BCUT2D eigenvalue weighted by atomic mass is 9.89. The Balaban J connectivity index is 1.30. The van der Waals surface area contributed by atoms with Crippen LogP contribution in [0.1, 0.15) is 30.9 Å². The standard InChI is InChI=1S/C23H30N6O2/c1-3-31-23(9-8-18(11-25-23)19-12-26-27-13-19)29-16-20-5-6-21(29)15-28(20)14-17-4-7-22(30-2)24-10-17/h4,7-13,20-21,25H,3,5-6,14-16H2,1-2H3,(H,26,27). The highest BCUT2D eigenvalue weighted by molar-refractivity contribution is 5.74. The van der Waals surface area contributed by atoms with Crippen molar-refractivity contribution in [2.24, 2.45) is 0 Å². The van der Waals surface area contributed by atoms with Gasteiger partial charge in [0.2, 0.25) is 11.7 Å². The molecule has 0 radical (unpaired) electrons. The van der Waals surface area contributed by atoms with Gasteiger partial charge in [0.05, 0.1) is 13.3 Å². The van der Waals surface area contributed by atoms with E-state index in [1.165, 1.54) is 18.4 Å². The highest BCUT2D eigenvalue weighted by atomic mass is 16.5. The van der Waals surface area contributed by atoms with Crippen LogP contribution in [0.3, 0.4) is 0 Å². The number of H-pyrrole nitrogens is 1. The van der Waals surface area contributed by atoms with Gasteiger partial charge in [-0.25, -0.2) is 9.88 Å². The molecular weight excluding hydrogens is 392 g/mol. The van der Waals surface area contributed by atoms with Crippen molar-refractivity contribution in [3.05, 3.63) is 60.2 Å². The van der Waals surface area contributed by atoms with Crippen LogP contribution < -0.4 is 10.1 Å². The zero-order chi connectivity index (χ0) is 21.3. The Kier molecular flexibility index (Phi) is 5.52. The quantitative estimate of drug-likeness (QED) is 0.709. The summed E-state index contributed by atoms with van der Waals surface area (Å²) < 4.78 is 11.5. The molecule has 3 atom stereocenters. The van der Waals surface area contributed by atoms with Crippen LogP contribution in [-0.2, 0) is 11.3 Å². The number of dihydropyridines is 1.